The Hall–Kier alpha value is -2.67. The maximum atomic E-state index is 12.3. The van der Waals surface area contributed by atoms with Gasteiger partial charge in [0.1, 0.15) is 5.69 Å². The number of benzene rings is 1. The highest BCUT2D eigenvalue weighted by molar-refractivity contribution is 6.04. The number of hydrogen-bond acceptors (Lipinski definition) is 4. The second kappa shape index (κ2) is 6.19. The Balaban J connectivity index is 2.24. The van der Waals surface area contributed by atoms with Crippen LogP contribution in [0.4, 0.5) is 11.4 Å². The molecule has 21 heavy (non-hydrogen) atoms. The zero-order valence-corrected chi connectivity index (χ0v) is 11.8. The minimum atomic E-state index is -0.522. The van der Waals surface area contributed by atoms with Crippen LogP contribution in [0.1, 0.15) is 16.1 Å². The Bertz CT molecular complexity index is 679. The molecule has 0 spiro atoms. The summed E-state index contributed by atoms with van der Waals surface area (Å²) in [5.41, 5.74) is 1.75. The first kappa shape index (κ1) is 14.7. The van der Waals surface area contributed by atoms with Gasteiger partial charge in [0.2, 0.25) is 0 Å². The predicted octanol–water partition coefficient (Wildman–Crippen LogP) is 1.91. The van der Waals surface area contributed by atoms with Crippen molar-refractivity contribution in [3.05, 3.63) is 57.9 Å². The van der Waals surface area contributed by atoms with E-state index in [9.17, 15) is 14.9 Å². The van der Waals surface area contributed by atoms with E-state index in [1.54, 1.807) is 13.1 Å². The van der Waals surface area contributed by atoms with E-state index in [4.69, 9.17) is 0 Å². The van der Waals surface area contributed by atoms with Gasteiger partial charge in [-0.25, -0.2) is 0 Å². The first-order valence-electron chi connectivity index (χ1n) is 6.37. The molecule has 110 valence electrons. The van der Waals surface area contributed by atoms with Crippen LogP contribution < -0.4 is 10.6 Å². The van der Waals surface area contributed by atoms with Crippen LogP contribution in [0.3, 0.4) is 0 Å². The van der Waals surface area contributed by atoms with Crippen molar-refractivity contribution in [2.75, 3.05) is 12.4 Å². The fourth-order valence-corrected chi connectivity index (χ4v) is 2.05. The van der Waals surface area contributed by atoms with Gasteiger partial charge in [-0.05, 0) is 18.7 Å². The second-order valence-corrected chi connectivity index (χ2v) is 4.59. The lowest BCUT2D eigenvalue weighted by atomic mass is 10.1. The average Bonchev–Trinajstić information content (AvgIpc) is 2.83. The second-order valence-electron chi connectivity index (χ2n) is 4.59. The van der Waals surface area contributed by atoms with Gasteiger partial charge in [0.05, 0.1) is 11.1 Å². The number of carbonyl (C=O) groups is 1. The quantitative estimate of drug-likeness (QED) is 0.649. The molecule has 0 saturated carbocycles. The molecule has 7 nitrogen and oxygen atoms in total. The summed E-state index contributed by atoms with van der Waals surface area (Å²) in [6.07, 6.45) is 1.31. The van der Waals surface area contributed by atoms with E-state index in [-0.39, 0.29) is 17.3 Å². The SMILES string of the molecule is CNCc1ccccc1NC(=O)c1cc([N+](=O)[O-])cn1C. The van der Waals surface area contributed by atoms with Crippen molar-refractivity contribution in [3.63, 3.8) is 0 Å². The molecule has 0 saturated heterocycles. The van der Waals surface area contributed by atoms with Gasteiger partial charge >= 0.3 is 0 Å². The lowest BCUT2D eigenvalue weighted by Gasteiger charge is -2.10. The lowest BCUT2D eigenvalue weighted by Crippen LogP contribution is -2.17. The molecule has 2 N–H and O–H groups in total. The minimum Gasteiger partial charge on any atom is -0.340 e. The van der Waals surface area contributed by atoms with E-state index < -0.39 is 4.92 Å². The number of nitrogens with one attached hydrogen (secondary N) is 2. The highest BCUT2D eigenvalue weighted by Gasteiger charge is 2.18. The third-order valence-corrected chi connectivity index (χ3v) is 3.07. The molecule has 0 aliphatic carbocycles. The van der Waals surface area contributed by atoms with Gasteiger partial charge in [-0.15, -0.1) is 0 Å². The van der Waals surface area contributed by atoms with E-state index in [2.05, 4.69) is 10.6 Å². The van der Waals surface area contributed by atoms with Crippen LogP contribution in [0.2, 0.25) is 0 Å². The van der Waals surface area contributed by atoms with Gasteiger partial charge in [-0.3, -0.25) is 14.9 Å². The molecule has 1 amide bonds. The first-order valence-corrected chi connectivity index (χ1v) is 6.37. The summed E-state index contributed by atoms with van der Waals surface area (Å²) < 4.78 is 1.44. The fraction of sp³-hybridized carbons (Fsp3) is 0.214. The summed E-state index contributed by atoms with van der Waals surface area (Å²) in [5, 5.41) is 16.5. The van der Waals surface area contributed by atoms with Crippen LogP contribution in [-0.2, 0) is 13.6 Å². The summed E-state index contributed by atoms with van der Waals surface area (Å²) in [6.45, 7) is 0.615. The Labute approximate surface area is 121 Å². The molecule has 2 rings (SSSR count). The molecule has 0 aliphatic rings. The predicted molar refractivity (Wildman–Crippen MR) is 79.2 cm³/mol. The maximum absolute atomic E-state index is 12.3. The van der Waals surface area contributed by atoms with Crippen molar-refractivity contribution in [2.24, 2.45) is 7.05 Å². The maximum Gasteiger partial charge on any atom is 0.287 e. The smallest absolute Gasteiger partial charge is 0.287 e. The molecular formula is C14H16N4O3. The zero-order valence-electron chi connectivity index (χ0n) is 11.8. The summed E-state index contributed by atoms with van der Waals surface area (Å²) in [7, 11) is 3.42. The van der Waals surface area contributed by atoms with E-state index in [0.29, 0.717) is 12.2 Å². The highest BCUT2D eigenvalue weighted by Crippen LogP contribution is 2.19. The molecule has 0 fully saturated rings. The van der Waals surface area contributed by atoms with Crippen LogP contribution in [-0.4, -0.2) is 22.4 Å². The van der Waals surface area contributed by atoms with Gasteiger partial charge in [-0.2, -0.15) is 0 Å². The number of aromatic nitrogens is 1. The third kappa shape index (κ3) is 3.26. The van der Waals surface area contributed by atoms with Crippen LogP contribution in [0.5, 0.6) is 0 Å². The number of rotatable bonds is 5. The summed E-state index contributed by atoms with van der Waals surface area (Å²) in [6, 6.07) is 8.66. The summed E-state index contributed by atoms with van der Waals surface area (Å²) in [5.74, 6) is -0.380. The summed E-state index contributed by atoms with van der Waals surface area (Å²) >= 11 is 0. The Kier molecular flexibility index (Phi) is 4.34. The molecule has 0 radical (unpaired) electrons. The van der Waals surface area contributed by atoms with Crippen molar-refractivity contribution < 1.29 is 9.72 Å². The number of amides is 1. The van der Waals surface area contributed by atoms with E-state index >= 15 is 0 Å². The van der Waals surface area contributed by atoms with Gasteiger partial charge in [-0.1, -0.05) is 18.2 Å². The van der Waals surface area contributed by atoms with Crippen LogP contribution in [0.25, 0.3) is 0 Å². The molecule has 7 heteroatoms. The number of para-hydroxylation sites is 1. The van der Waals surface area contributed by atoms with Crippen LogP contribution >= 0.6 is 0 Å². The van der Waals surface area contributed by atoms with Crippen LogP contribution in [0.15, 0.2) is 36.5 Å². The fourth-order valence-electron chi connectivity index (χ4n) is 2.05. The summed E-state index contributed by atoms with van der Waals surface area (Å²) in [4.78, 5) is 22.5. The third-order valence-electron chi connectivity index (χ3n) is 3.07. The Morgan fingerprint density at radius 3 is 2.71 bits per heavy atom. The number of carbonyl (C=O) groups excluding carboxylic acids is 1. The number of anilines is 1. The van der Waals surface area contributed by atoms with E-state index in [1.807, 2.05) is 25.2 Å². The molecule has 0 atom stereocenters. The van der Waals surface area contributed by atoms with Crippen LogP contribution in [0, 0.1) is 10.1 Å². The number of nitro groups is 1. The molecule has 1 aromatic heterocycles. The molecule has 0 unspecified atom stereocenters. The van der Waals surface area contributed by atoms with E-state index in [0.717, 1.165) is 5.56 Å². The monoisotopic (exact) mass is 288 g/mol. The zero-order chi connectivity index (χ0) is 15.4. The Morgan fingerprint density at radius 2 is 2.10 bits per heavy atom. The number of aryl methyl sites for hydroxylation is 1. The molecule has 0 aliphatic heterocycles. The lowest BCUT2D eigenvalue weighted by molar-refractivity contribution is -0.384. The number of hydrogen-bond donors (Lipinski definition) is 2. The topological polar surface area (TPSA) is 89.2 Å². The molecule has 2 aromatic rings. The largest absolute Gasteiger partial charge is 0.340 e. The normalized spacial score (nSPS) is 10.4. The van der Waals surface area contributed by atoms with Gasteiger partial charge in [0.25, 0.3) is 11.6 Å². The van der Waals surface area contributed by atoms with Crippen molar-refractivity contribution in [2.45, 2.75) is 6.54 Å². The van der Waals surface area contributed by atoms with Gasteiger partial charge in [0, 0.05) is 25.3 Å². The molecule has 0 bridgehead atoms. The average molecular weight is 288 g/mol. The van der Waals surface area contributed by atoms with Gasteiger partial charge < -0.3 is 15.2 Å². The number of nitrogens with zero attached hydrogens (tertiary/aromatic N) is 2. The Morgan fingerprint density at radius 1 is 1.38 bits per heavy atom. The highest BCUT2D eigenvalue weighted by atomic mass is 16.6. The first-order chi connectivity index (χ1) is 10.0. The molecule has 1 aromatic carbocycles. The minimum absolute atomic E-state index is 0.105. The van der Waals surface area contributed by atoms with Gasteiger partial charge in [0.15, 0.2) is 0 Å². The molecule has 1 heterocycles. The van der Waals surface area contributed by atoms with E-state index in [1.165, 1.54) is 16.8 Å². The van der Waals surface area contributed by atoms with Crippen molar-refractivity contribution in [3.8, 4) is 0 Å². The standard InChI is InChI=1S/C14H16N4O3/c1-15-8-10-5-3-4-6-12(10)16-14(19)13-7-11(18(20)21)9-17(13)2/h3-7,9,15H,8H2,1-2H3,(H,16,19). The van der Waals surface area contributed by atoms with Crippen molar-refractivity contribution in [1.82, 2.24) is 9.88 Å². The van der Waals surface area contributed by atoms with Crippen molar-refractivity contribution >= 4 is 17.3 Å². The molecular weight excluding hydrogens is 272 g/mol. The van der Waals surface area contributed by atoms with Crippen molar-refractivity contribution in [1.29, 1.82) is 0 Å².